The number of hydrogen-bond donors (Lipinski definition) is 1. The maximum Gasteiger partial charge on any atom is 0.217 e. The largest absolute Gasteiger partial charge is 0.351 e. The predicted molar refractivity (Wildman–Crippen MR) is 126 cm³/mol. The van der Waals surface area contributed by atoms with Crippen molar-refractivity contribution in [3.8, 4) is 0 Å². The van der Waals surface area contributed by atoms with Gasteiger partial charge in [-0.25, -0.2) is 4.99 Å². The van der Waals surface area contributed by atoms with Crippen molar-refractivity contribution in [2.24, 2.45) is 4.99 Å². The van der Waals surface area contributed by atoms with Crippen LogP contribution in [0.3, 0.4) is 0 Å². The number of allylic oxidation sites excluding steroid dienone is 2. The van der Waals surface area contributed by atoms with Crippen LogP contribution < -0.4 is 5.32 Å². The molecule has 2 atom stereocenters. The Morgan fingerprint density at radius 2 is 1.62 bits per heavy atom. The predicted octanol–water partition coefficient (Wildman–Crippen LogP) is 6.02. The quantitative estimate of drug-likeness (QED) is 0.169. The molecule has 1 rings (SSSR count). The minimum atomic E-state index is 0.0645. The Balaban J connectivity index is 2.06. The van der Waals surface area contributed by atoms with Gasteiger partial charge in [0, 0.05) is 13.3 Å². The molecular formula is C25H48N3O+. The zero-order valence-corrected chi connectivity index (χ0v) is 19.6. The highest BCUT2D eigenvalue weighted by Crippen LogP contribution is 2.23. The maximum absolute atomic E-state index is 11.2. The Kier molecular flexibility index (Phi) is 14.8. The molecule has 1 heterocycles. The summed E-state index contributed by atoms with van der Waals surface area (Å²) in [5.74, 6) is 0.0645. The van der Waals surface area contributed by atoms with Crippen LogP contribution in [-0.4, -0.2) is 48.9 Å². The molecule has 0 radical (unpaired) electrons. The number of hydrogen-bond acceptors (Lipinski definition) is 2. The summed E-state index contributed by atoms with van der Waals surface area (Å²) in [6.45, 7) is 9.97. The first-order valence-electron chi connectivity index (χ1n) is 12.4. The number of nitrogens with zero attached hydrogens (tertiary/aromatic N) is 2. The molecule has 0 bridgehead atoms. The van der Waals surface area contributed by atoms with Gasteiger partial charge in [-0.05, 0) is 39.0 Å². The first-order chi connectivity index (χ1) is 14.1. The van der Waals surface area contributed by atoms with Crippen molar-refractivity contribution in [2.75, 3.05) is 26.2 Å². The van der Waals surface area contributed by atoms with Crippen LogP contribution in [0.5, 0.6) is 0 Å². The number of aliphatic imine (C=N–C) groups is 1. The second-order valence-electron chi connectivity index (χ2n) is 8.76. The number of rotatable bonds is 18. The lowest BCUT2D eigenvalue weighted by atomic mass is 10.1. The van der Waals surface area contributed by atoms with Gasteiger partial charge in [-0.1, -0.05) is 64.0 Å². The minimum Gasteiger partial charge on any atom is -0.351 e. The first kappa shape index (κ1) is 25.9. The van der Waals surface area contributed by atoms with Crippen molar-refractivity contribution in [3.63, 3.8) is 0 Å². The van der Waals surface area contributed by atoms with Crippen molar-refractivity contribution < 1.29 is 9.28 Å². The molecule has 0 saturated carbocycles. The molecule has 0 spiro atoms. The summed E-state index contributed by atoms with van der Waals surface area (Å²) in [5, 5.41) is 2.95. The zero-order chi connectivity index (χ0) is 21.2. The van der Waals surface area contributed by atoms with Gasteiger partial charge < -0.3 is 5.32 Å². The van der Waals surface area contributed by atoms with Gasteiger partial charge in [-0.2, -0.15) is 0 Å². The molecule has 4 nitrogen and oxygen atoms in total. The lowest BCUT2D eigenvalue weighted by Gasteiger charge is -2.38. The standard InChI is InChI=1S/C25H47N3O/c1-4-6-7-8-9-10-11-12-13-14-15-16-17-18-19-25-27-21-23-28(25,5-2)22-20-26-24(3)29/h14-15,21,25H,4-13,16-20,22-23H2,1-3H3/p+1/b15-14+. The van der Waals surface area contributed by atoms with E-state index in [0.29, 0.717) is 6.17 Å². The van der Waals surface area contributed by atoms with E-state index in [1.165, 1.54) is 77.0 Å². The van der Waals surface area contributed by atoms with Gasteiger partial charge in [0.05, 0.1) is 25.8 Å². The number of amides is 1. The highest BCUT2D eigenvalue weighted by atomic mass is 16.1. The van der Waals surface area contributed by atoms with Crippen LogP contribution in [0.4, 0.5) is 0 Å². The van der Waals surface area contributed by atoms with Crippen molar-refractivity contribution >= 4 is 12.1 Å². The number of likely N-dealkylation sites (N-methyl/N-ethyl adjacent to an activating group) is 1. The average molecular weight is 407 g/mol. The van der Waals surface area contributed by atoms with Crippen molar-refractivity contribution in [1.29, 1.82) is 0 Å². The van der Waals surface area contributed by atoms with Crippen LogP contribution in [0, 0.1) is 0 Å². The topological polar surface area (TPSA) is 41.5 Å². The van der Waals surface area contributed by atoms with Gasteiger partial charge in [0.1, 0.15) is 6.54 Å². The van der Waals surface area contributed by atoms with Crippen molar-refractivity contribution in [2.45, 2.75) is 110 Å². The van der Waals surface area contributed by atoms with E-state index in [1.54, 1.807) is 6.92 Å². The summed E-state index contributed by atoms with van der Waals surface area (Å²) in [6, 6.07) is 0. The summed E-state index contributed by atoms with van der Waals surface area (Å²) in [4.78, 5) is 15.9. The van der Waals surface area contributed by atoms with E-state index in [1.807, 2.05) is 0 Å². The molecule has 168 valence electrons. The van der Waals surface area contributed by atoms with Crippen LogP contribution in [-0.2, 0) is 4.79 Å². The summed E-state index contributed by atoms with van der Waals surface area (Å²) in [6.07, 6.45) is 24.6. The Bertz CT molecular complexity index is 475. The fourth-order valence-electron chi connectivity index (χ4n) is 4.36. The molecule has 0 saturated heterocycles. The summed E-state index contributed by atoms with van der Waals surface area (Å²) >= 11 is 0. The highest BCUT2D eigenvalue weighted by Gasteiger charge is 2.37. The molecule has 4 heteroatoms. The van der Waals surface area contributed by atoms with Crippen LogP contribution in [0.2, 0.25) is 0 Å². The monoisotopic (exact) mass is 406 g/mol. The van der Waals surface area contributed by atoms with Gasteiger partial charge >= 0.3 is 0 Å². The number of carbonyl (C=O) groups excluding carboxylic acids is 1. The summed E-state index contributed by atoms with van der Waals surface area (Å²) in [7, 11) is 0. The normalized spacial score (nSPS) is 21.3. The molecule has 1 N–H and O–H groups in total. The molecule has 1 aliphatic rings. The third-order valence-electron chi connectivity index (χ3n) is 6.39. The highest BCUT2D eigenvalue weighted by molar-refractivity contribution is 5.72. The minimum absolute atomic E-state index is 0.0645. The van der Waals surface area contributed by atoms with Gasteiger partial charge in [-0.3, -0.25) is 9.28 Å². The zero-order valence-electron chi connectivity index (χ0n) is 19.6. The van der Waals surface area contributed by atoms with Gasteiger partial charge in [0.2, 0.25) is 5.91 Å². The van der Waals surface area contributed by atoms with Crippen molar-refractivity contribution in [3.05, 3.63) is 12.2 Å². The Morgan fingerprint density at radius 3 is 2.24 bits per heavy atom. The SMILES string of the molecule is CCCCCCCCCC/C=C/CCCCC1N=CC[N+]1(CC)CCNC(C)=O. The molecule has 0 aromatic carbocycles. The van der Waals surface area contributed by atoms with Crippen LogP contribution in [0.1, 0.15) is 104 Å². The molecule has 1 amide bonds. The molecular weight excluding hydrogens is 358 g/mol. The third kappa shape index (κ3) is 11.6. The van der Waals surface area contributed by atoms with E-state index >= 15 is 0 Å². The molecule has 29 heavy (non-hydrogen) atoms. The van der Waals surface area contributed by atoms with Crippen LogP contribution in [0.15, 0.2) is 17.1 Å². The maximum atomic E-state index is 11.2. The lowest BCUT2D eigenvalue weighted by molar-refractivity contribution is -0.935. The Morgan fingerprint density at radius 1 is 1.00 bits per heavy atom. The fraction of sp³-hybridized carbons (Fsp3) is 0.840. The second-order valence-corrected chi connectivity index (χ2v) is 8.76. The number of unbranched alkanes of at least 4 members (excludes halogenated alkanes) is 10. The molecule has 0 aliphatic carbocycles. The molecule has 1 aliphatic heterocycles. The first-order valence-corrected chi connectivity index (χ1v) is 12.4. The third-order valence-corrected chi connectivity index (χ3v) is 6.39. The fourth-order valence-corrected chi connectivity index (χ4v) is 4.36. The molecule has 0 aromatic rings. The average Bonchev–Trinajstić information content (AvgIpc) is 3.11. The van der Waals surface area contributed by atoms with E-state index in [-0.39, 0.29) is 5.91 Å². The summed E-state index contributed by atoms with van der Waals surface area (Å²) < 4.78 is 1.01. The summed E-state index contributed by atoms with van der Waals surface area (Å²) in [5.41, 5.74) is 0. The van der Waals surface area contributed by atoms with Crippen LogP contribution in [0.25, 0.3) is 0 Å². The van der Waals surface area contributed by atoms with E-state index in [2.05, 4.69) is 37.5 Å². The molecule has 2 unspecified atom stereocenters. The number of carbonyl (C=O) groups is 1. The van der Waals surface area contributed by atoms with Crippen molar-refractivity contribution in [1.82, 2.24) is 5.32 Å². The van der Waals surface area contributed by atoms with Gasteiger partial charge in [-0.15, -0.1) is 0 Å². The molecule has 0 fully saturated rings. The lowest BCUT2D eigenvalue weighted by Crippen LogP contribution is -2.55. The van der Waals surface area contributed by atoms with Gasteiger partial charge in [0.15, 0.2) is 6.17 Å². The number of nitrogens with one attached hydrogen (secondary N) is 1. The van der Waals surface area contributed by atoms with Crippen LogP contribution >= 0.6 is 0 Å². The van der Waals surface area contributed by atoms with E-state index in [9.17, 15) is 4.79 Å². The van der Waals surface area contributed by atoms with Gasteiger partial charge in [0.25, 0.3) is 0 Å². The Labute approximate surface area is 180 Å². The second kappa shape index (κ2) is 16.6. The van der Waals surface area contributed by atoms with E-state index in [4.69, 9.17) is 4.99 Å². The van der Waals surface area contributed by atoms with E-state index in [0.717, 1.165) is 37.1 Å². The Hall–Kier alpha value is -1.16. The molecule has 0 aromatic heterocycles. The smallest absolute Gasteiger partial charge is 0.217 e. The van der Waals surface area contributed by atoms with E-state index < -0.39 is 0 Å². The number of quaternary nitrogens is 1.